The van der Waals surface area contributed by atoms with Crippen LogP contribution < -0.4 is 11.2 Å². The first-order chi connectivity index (χ1) is 11.0. The van der Waals surface area contributed by atoms with Crippen LogP contribution in [0.3, 0.4) is 0 Å². The number of nitrogens with zero attached hydrogens (tertiary/aromatic N) is 1. The average Bonchev–Trinajstić information content (AvgIpc) is 2.73. The van der Waals surface area contributed by atoms with Gasteiger partial charge in [-0.25, -0.2) is 9.36 Å². The fraction of sp³-hybridized carbons (Fsp3) is 0.455. The number of terminal acetylenes is 1. The number of hydrogen-bond acceptors (Lipinski definition) is 7. The van der Waals surface area contributed by atoms with Crippen molar-refractivity contribution in [3.8, 4) is 12.3 Å². The predicted molar refractivity (Wildman–Crippen MR) is 76.5 cm³/mol. The summed E-state index contributed by atoms with van der Waals surface area (Å²) in [5, 5.41) is 28.3. The largest absolute Gasteiger partial charge is 0.466 e. The van der Waals surface area contributed by atoms with Crippen molar-refractivity contribution in [3.63, 3.8) is 0 Å². The van der Waals surface area contributed by atoms with Crippen LogP contribution in [0.1, 0.15) is 11.8 Å². The predicted octanol–water partition coefficient (Wildman–Crippen LogP) is -3.80. The minimum absolute atomic E-state index is 0.114. The van der Waals surface area contributed by atoms with Crippen LogP contribution in [-0.4, -0.2) is 64.5 Å². The monoisotopic (exact) mass is 366 g/mol. The van der Waals surface area contributed by atoms with Crippen LogP contribution in [0.4, 0.5) is 0 Å². The number of ether oxygens (including phenoxy) is 1. The molecule has 0 aromatic carbocycles. The molecule has 0 radical (unpaired) electrons. The molecule has 4 atom stereocenters. The Morgan fingerprint density at radius 3 is 2.25 bits per heavy atom. The van der Waals surface area contributed by atoms with Crippen LogP contribution in [0.25, 0.3) is 0 Å². The van der Waals surface area contributed by atoms with Crippen molar-refractivity contribution in [1.29, 1.82) is 0 Å². The first kappa shape index (κ1) is 20.2. The first-order valence-corrected chi connectivity index (χ1v) is 7.79. The van der Waals surface area contributed by atoms with Gasteiger partial charge in [0.15, 0.2) is 6.23 Å². The van der Waals surface area contributed by atoms with Gasteiger partial charge in [0.2, 0.25) is 0 Å². The fourth-order valence-corrected chi connectivity index (χ4v) is 1.89. The highest BCUT2D eigenvalue weighted by atomic mass is 31.2. The molecule has 1 aliphatic rings. The van der Waals surface area contributed by atoms with Crippen LogP contribution in [0, 0.1) is 12.3 Å². The Morgan fingerprint density at radius 1 is 1.29 bits per heavy atom. The van der Waals surface area contributed by atoms with Gasteiger partial charge in [-0.1, -0.05) is 5.92 Å². The van der Waals surface area contributed by atoms with Gasteiger partial charge < -0.3 is 34.7 Å². The van der Waals surface area contributed by atoms with Crippen LogP contribution in [0.2, 0.25) is 0 Å². The van der Waals surface area contributed by atoms with Crippen LogP contribution in [0.15, 0.2) is 15.8 Å². The van der Waals surface area contributed by atoms with E-state index in [-0.39, 0.29) is 5.56 Å². The van der Waals surface area contributed by atoms with Crippen molar-refractivity contribution in [2.45, 2.75) is 24.5 Å². The summed E-state index contributed by atoms with van der Waals surface area (Å²) in [6.07, 6.45) is 1.14. The fourth-order valence-electron chi connectivity index (χ4n) is 1.89. The molecule has 24 heavy (non-hydrogen) atoms. The van der Waals surface area contributed by atoms with Crippen molar-refractivity contribution in [3.05, 3.63) is 32.6 Å². The van der Waals surface area contributed by atoms with Gasteiger partial charge in [-0.05, 0) is 0 Å². The highest BCUT2D eigenvalue weighted by Crippen LogP contribution is 2.28. The summed E-state index contributed by atoms with van der Waals surface area (Å²) in [6.45, 7) is -0.519. The van der Waals surface area contributed by atoms with E-state index in [0.29, 0.717) is 0 Å². The third kappa shape index (κ3) is 5.10. The molecule has 2 rings (SSSR count). The van der Waals surface area contributed by atoms with Crippen molar-refractivity contribution in [2.24, 2.45) is 0 Å². The van der Waals surface area contributed by atoms with Gasteiger partial charge in [0.1, 0.15) is 23.9 Å². The van der Waals surface area contributed by atoms with Crippen LogP contribution >= 0.6 is 7.82 Å². The topological polar surface area (TPSA) is 203 Å². The third-order valence-corrected chi connectivity index (χ3v) is 2.91. The summed E-state index contributed by atoms with van der Waals surface area (Å²) in [4.78, 5) is 46.5. The molecule has 1 aromatic rings. The zero-order valence-electron chi connectivity index (χ0n) is 11.9. The molecule has 0 aliphatic carbocycles. The lowest BCUT2D eigenvalue weighted by Crippen LogP contribution is -2.38. The van der Waals surface area contributed by atoms with Gasteiger partial charge in [0.25, 0.3) is 5.56 Å². The number of nitrogens with one attached hydrogen (secondary N) is 1. The second-order valence-corrected chi connectivity index (χ2v) is 5.62. The standard InChI is InChI=1S/C11H12N2O6.H3O4P/c1-2-5-3-13(11(18)12-9(5)17)10-8(16)7(15)6(4-14)19-10;1-5(2,3)4/h1,3,6-8,10,14-16H,4H2,(H,12,17,18);(H3,1,2,3,4)/t6-,7-,8-,10-;/m1./s1. The Balaban J connectivity index is 0.000000505. The zero-order chi connectivity index (χ0) is 18.7. The van der Waals surface area contributed by atoms with Crippen LogP contribution in [0.5, 0.6) is 0 Å². The highest BCUT2D eigenvalue weighted by Gasteiger charge is 2.43. The van der Waals surface area contributed by atoms with Crippen LogP contribution in [-0.2, 0) is 9.30 Å². The first-order valence-electron chi connectivity index (χ1n) is 6.22. The Hall–Kier alpha value is -1.81. The lowest BCUT2D eigenvalue weighted by molar-refractivity contribution is -0.0550. The van der Waals surface area contributed by atoms with Gasteiger partial charge in [-0.15, -0.1) is 6.42 Å². The number of aromatic amines is 1. The van der Waals surface area contributed by atoms with Gasteiger partial charge in [0.05, 0.1) is 6.61 Å². The smallest absolute Gasteiger partial charge is 0.394 e. The molecule has 1 saturated heterocycles. The minimum Gasteiger partial charge on any atom is -0.394 e. The van der Waals surface area contributed by atoms with Gasteiger partial charge in [0, 0.05) is 6.20 Å². The highest BCUT2D eigenvalue weighted by molar-refractivity contribution is 7.45. The van der Waals surface area contributed by atoms with Crippen molar-refractivity contribution >= 4 is 7.82 Å². The van der Waals surface area contributed by atoms with E-state index in [1.807, 2.05) is 4.98 Å². The van der Waals surface area contributed by atoms with E-state index >= 15 is 0 Å². The molecule has 1 aromatic heterocycles. The van der Waals surface area contributed by atoms with Crippen molar-refractivity contribution in [1.82, 2.24) is 9.55 Å². The Morgan fingerprint density at radius 2 is 1.83 bits per heavy atom. The SMILES string of the molecule is C#Cc1cn([C@@H]2O[C@H](CO)[C@@H](O)[C@H]2O)c(=O)[nH]c1=O.O=P(O)(O)O. The number of aromatic nitrogens is 2. The molecular formula is C11H15N2O10P. The Labute approximate surface area is 133 Å². The molecule has 7 N–H and O–H groups in total. The maximum Gasteiger partial charge on any atom is 0.466 e. The second-order valence-electron chi connectivity index (χ2n) is 4.60. The number of hydrogen-bond donors (Lipinski definition) is 7. The maximum atomic E-state index is 11.6. The zero-order valence-corrected chi connectivity index (χ0v) is 12.8. The number of aliphatic hydroxyl groups excluding tert-OH is 3. The lowest BCUT2D eigenvalue weighted by Gasteiger charge is -2.17. The number of phosphoric acid groups is 1. The average molecular weight is 366 g/mol. The molecule has 0 bridgehead atoms. The van der Waals surface area contributed by atoms with Gasteiger partial charge in [-0.3, -0.25) is 14.3 Å². The van der Waals surface area contributed by atoms with E-state index < -0.39 is 50.2 Å². The number of aliphatic hydroxyl groups is 3. The van der Waals surface area contributed by atoms with Crippen molar-refractivity contribution in [2.75, 3.05) is 6.61 Å². The molecular weight excluding hydrogens is 351 g/mol. The Bertz CT molecular complexity index is 766. The summed E-state index contributed by atoms with van der Waals surface area (Å²) < 4.78 is 14.9. The summed E-state index contributed by atoms with van der Waals surface area (Å²) in [6, 6.07) is 0. The minimum atomic E-state index is -4.64. The molecule has 12 nitrogen and oxygen atoms in total. The molecule has 1 fully saturated rings. The number of rotatable bonds is 2. The van der Waals surface area contributed by atoms with E-state index in [1.165, 1.54) is 0 Å². The molecule has 134 valence electrons. The van der Waals surface area contributed by atoms with E-state index in [1.54, 1.807) is 0 Å². The quantitative estimate of drug-likeness (QED) is 0.201. The molecule has 1 aliphatic heterocycles. The normalized spacial score (nSPS) is 26.4. The molecule has 0 spiro atoms. The molecule has 0 saturated carbocycles. The summed E-state index contributed by atoms with van der Waals surface area (Å²) >= 11 is 0. The Kier molecular flexibility index (Phi) is 6.61. The molecule has 0 unspecified atom stereocenters. The number of H-pyrrole nitrogens is 1. The summed E-state index contributed by atoms with van der Waals surface area (Å²) in [5.74, 6) is 2.09. The van der Waals surface area contributed by atoms with E-state index in [4.69, 9.17) is 35.5 Å². The third-order valence-electron chi connectivity index (χ3n) is 2.91. The molecule has 0 amide bonds. The summed E-state index contributed by atoms with van der Waals surface area (Å²) in [7, 11) is -4.64. The molecule has 13 heteroatoms. The van der Waals surface area contributed by atoms with E-state index in [9.17, 15) is 19.8 Å². The second kappa shape index (κ2) is 7.84. The maximum absolute atomic E-state index is 11.6. The lowest BCUT2D eigenvalue weighted by atomic mass is 10.1. The van der Waals surface area contributed by atoms with Gasteiger partial charge >= 0.3 is 13.5 Å². The summed E-state index contributed by atoms with van der Waals surface area (Å²) in [5.41, 5.74) is -1.67. The van der Waals surface area contributed by atoms with E-state index in [2.05, 4.69) is 5.92 Å². The van der Waals surface area contributed by atoms with E-state index in [0.717, 1.165) is 10.8 Å². The van der Waals surface area contributed by atoms with Gasteiger partial charge in [-0.2, -0.15) is 0 Å². The molecule has 2 heterocycles. The van der Waals surface area contributed by atoms with Crippen molar-refractivity contribution < 1.29 is 39.3 Å².